The lowest BCUT2D eigenvalue weighted by atomic mass is 9.80. The second kappa shape index (κ2) is 5.56. The van der Waals surface area contributed by atoms with Crippen molar-refractivity contribution >= 4 is 11.8 Å². The van der Waals surface area contributed by atoms with Crippen molar-refractivity contribution < 1.29 is 0 Å². The first-order valence-electron chi connectivity index (χ1n) is 7.61. The van der Waals surface area contributed by atoms with Gasteiger partial charge in [-0.2, -0.15) is 0 Å². The van der Waals surface area contributed by atoms with E-state index in [4.69, 9.17) is 0 Å². The average Bonchev–Trinajstić information content (AvgIpc) is 3.17. The Morgan fingerprint density at radius 1 is 1.35 bits per heavy atom. The molecule has 20 heavy (non-hydrogen) atoms. The Hall–Kier alpha value is -0.750. The lowest BCUT2D eigenvalue weighted by Gasteiger charge is -2.38. The van der Waals surface area contributed by atoms with Crippen molar-refractivity contribution in [1.82, 2.24) is 20.1 Å². The van der Waals surface area contributed by atoms with Crippen LogP contribution in [0.15, 0.2) is 9.95 Å². The molecule has 2 aliphatic carbocycles. The molecular weight excluding hydrogens is 272 g/mol. The van der Waals surface area contributed by atoms with Crippen molar-refractivity contribution in [3.63, 3.8) is 0 Å². The summed E-state index contributed by atoms with van der Waals surface area (Å²) in [6.45, 7) is 4.65. The standard InChI is InChI=1S/C14H24N4OS/c1-8-6-9(2)12(11(7-8)15-3)20-14-17-16-13(19)18(14)10-4-5-10/h8-12,15H,4-7H2,1-3H3,(H,16,19). The van der Waals surface area contributed by atoms with E-state index in [2.05, 4.69) is 29.4 Å². The molecule has 0 radical (unpaired) electrons. The zero-order valence-corrected chi connectivity index (χ0v) is 13.2. The molecule has 4 unspecified atom stereocenters. The van der Waals surface area contributed by atoms with Gasteiger partial charge in [0, 0.05) is 17.3 Å². The molecule has 2 N–H and O–H groups in total. The second-order valence-corrected chi connectivity index (χ2v) is 7.59. The zero-order chi connectivity index (χ0) is 14.3. The van der Waals surface area contributed by atoms with Crippen LogP contribution >= 0.6 is 11.8 Å². The molecule has 0 bridgehead atoms. The van der Waals surface area contributed by atoms with E-state index in [1.54, 1.807) is 11.8 Å². The summed E-state index contributed by atoms with van der Waals surface area (Å²) in [6.07, 6.45) is 4.68. The zero-order valence-electron chi connectivity index (χ0n) is 12.4. The number of thioether (sulfide) groups is 1. The minimum Gasteiger partial charge on any atom is -0.316 e. The van der Waals surface area contributed by atoms with Crippen LogP contribution in [0.5, 0.6) is 0 Å². The van der Waals surface area contributed by atoms with Gasteiger partial charge < -0.3 is 5.32 Å². The highest BCUT2D eigenvalue weighted by atomic mass is 32.2. The maximum atomic E-state index is 11.9. The molecule has 2 aliphatic rings. The second-order valence-electron chi connectivity index (χ2n) is 6.44. The van der Waals surface area contributed by atoms with Crippen molar-refractivity contribution in [2.24, 2.45) is 11.8 Å². The van der Waals surface area contributed by atoms with Crippen LogP contribution in [0.1, 0.15) is 45.6 Å². The van der Waals surface area contributed by atoms with Gasteiger partial charge in [0.15, 0.2) is 5.16 Å². The fraction of sp³-hybridized carbons (Fsp3) is 0.857. The van der Waals surface area contributed by atoms with E-state index in [0.29, 0.717) is 23.3 Å². The molecule has 0 amide bonds. The topological polar surface area (TPSA) is 62.7 Å². The van der Waals surface area contributed by atoms with E-state index in [0.717, 1.165) is 23.9 Å². The SMILES string of the molecule is CNC1CC(C)CC(C)C1Sc1n[nH]c(=O)n1C1CC1. The Morgan fingerprint density at radius 3 is 2.75 bits per heavy atom. The van der Waals surface area contributed by atoms with Gasteiger partial charge in [-0.3, -0.25) is 4.57 Å². The summed E-state index contributed by atoms with van der Waals surface area (Å²) in [7, 11) is 2.04. The Balaban J connectivity index is 1.80. The van der Waals surface area contributed by atoms with Crippen molar-refractivity contribution in [3.05, 3.63) is 10.5 Å². The summed E-state index contributed by atoms with van der Waals surface area (Å²) in [5.41, 5.74) is -0.0483. The number of nitrogens with zero attached hydrogens (tertiary/aromatic N) is 2. The monoisotopic (exact) mass is 296 g/mol. The lowest BCUT2D eigenvalue weighted by molar-refractivity contribution is 0.256. The first-order valence-corrected chi connectivity index (χ1v) is 8.49. The quantitative estimate of drug-likeness (QED) is 0.892. The summed E-state index contributed by atoms with van der Waals surface area (Å²) in [6, 6.07) is 0.882. The minimum absolute atomic E-state index is 0.0483. The third-order valence-corrected chi connectivity index (χ3v) is 6.15. The van der Waals surface area contributed by atoms with E-state index in [-0.39, 0.29) is 5.69 Å². The van der Waals surface area contributed by atoms with Crippen LogP contribution in [-0.2, 0) is 0 Å². The molecule has 0 saturated heterocycles. The Labute approximate surface area is 123 Å². The van der Waals surface area contributed by atoms with E-state index < -0.39 is 0 Å². The Bertz CT molecular complexity index is 521. The van der Waals surface area contributed by atoms with Crippen molar-refractivity contribution in [2.75, 3.05) is 7.05 Å². The van der Waals surface area contributed by atoms with Gasteiger partial charge in [0.2, 0.25) is 0 Å². The maximum Gasteiger partial charge on any atom is 0.344 e. The molecule has 6 heteroatoms. The molecule has 5 nitrogen and oxygen atoms in total. The molecule has 1 aromatic heterocycles. The van der Waals surface area contributed by atoms with Crippen LogP contribution in [0.25, 0.3) is 0 Å². The summed E-state index contributed by atoms with van der Waals surface area (Å²) >= 11 is 1.78. The maximum absolute atomic E-state index is 11.9. The molecule has 4 atom stereocenters. The largest absolute Gasteiger partial charge is 0.344 e. The number of rotatable bonds is 4. The summed E-state index contributed by atoms with van der Waals surface area (Å²) < 4.78 is 1.86. The number of nitrogens with one attached hydrogen (secondary N) is 2. The first kappa shape index (κ1) is 14.2. The van der Waals surface area contributed by atoms with Crippen LogP contribution in [-0.4, -0.2) is 33.1 Å². The molecule has 0 spiro atoms. The van der Waals surface area contributed by atoms with Crippen LogP contribution in [0, 0.1) is 11.8 Å². The molecule has 112 valence electrons. The highest BCUT2D eigenvalue weighted by molar-refractivity contribution is 7.99. The summed E-state index contributed by atoms with van der Waals surface area (Å²) in [5, 5.41) is 11.7. The number of aromatic amines is 1. The Kier molecular flexibility index (Phi) is 3.95. The fourth-order valence-corrected chi connectivity index (χ4v) is 4.90. The summed E-state index contributed by atoms with van der Waals surface area (Å²) in [4.78, 5) is 11.9. The van der Waals surface area contributed by atoms with Gasteiger partial charge in [-0.25, -0.2) is 9.89 Å². The molecule has 0 aromatic carbocycles. The average molecular weight is 296 g/mol. The van der Waals surface area contributed by atoms with Crippen LogP contribution in [0.2, 0.25) is 0 Å². The number of hydrogen-bond acceptors (Lipinski definition) is 4. The third-order valence-electron chi connectivity index (χ3n) is 4.58. The number of aromatic nitrogens is 3. The molecule has 2 saturated carbocycles. The first-order chi connectivity index (χ1) is 9.60. The smallest absolute Gasteiger partial charge is 0.316 e. The predicted molar refractivity (Wildman–Crippen MR) is 81.2 cm³/mol. The summed E-state index contributed by atoms with van der Waals surface area (Å²) in [5.74, 6) is 1.41. The van der Waals surface area contributed by atoms with Crippen molar-refractivity contribution in [1.29, 1.82) is 0 Å². The highest BCUT2D eigenvalue weighted by Gasteiger charge is 2.36. The van der Waals surface area contributed by atoms with Crippen LogP contribution in [0.4, 0.5) is 0 Å². The normalized spacial score (nSPS) is 34.4. The van der Waals surface area contributed by atoms with E-state index >= 15 is 0 Å². The van der Waals surface area contributed by atoms with Crippen LogP contribution < -0.4 is 11.0 Å². The van der Waals surface area contributed by atoms with Gasteiger partial charge in [-0.15, -0.1) is 5.10 Å². The van der Waals surface area contributed by atoms with Crippen LogP contribution in [0.3, 0.4) is 0 Å². The van der Waals surface area contributed by atoms with Gasteiger partial charge in [0.05, 0.1) is 0 Å². The minimum atomic E-state index is -0.0483. The lowest BCUT2D eigenvalue weighted by Crippen LogP contribution is -2.45. The van der Waals surface area contributed by atoms with Gasteiger partial charge >= 0.3 is 5.69 Å². The third kappa shape index (κ3) is 2.68. The molecule has 2 fully saturated rings. The predicted octanol–water partition coefficient (Wildman–Crippen LogP) is 2.02. The van der Waals surface area contributed by atoms with Gasteiger partial charge in [-0.05, 0) is 44.6 Å². The molecule has 1 heterocycles. The van der Waals surface area contributed by atoms with Gasteiger partial charge in [0.1, 0.15) is 0 Å². The number of H-pyrrole nitrogens is 1. The molecule has 3 rings (SSSR count). The van der Waals surface area contributed by atoms with E-state index in [1.165, 1.54) is 12.8 Å². The van der Waals surface area contributed by atoms with Gasteiger partial charge in [-0.1, -0.05) is 25.6 Å². The van der Waals surface area contributed by atoms with Gasteiger partial charge in [0.25, 0.3) is 0 Å². The van der Waals surface area contributed by atoms with E-state index in [9.17, 15) is 4.79 Å². The molecule has 1 aromatic rings. The molecular formula is C14H24N4OS. The highest BCUT2D eigenvalue weighted by Crippen LogP contribution is 2.41. The van der Waals surface area contributed by atoms with Crippen molar-refractivity contribution in [2.45, 2.75) is 62.0 Å². The molecule has 0 aliphatic heterocycles. The fourth-order valence-electron chi connectivity index (χ4n) is 3.46. The Morgan fingerprint density at radius 2 is 2.10 bits per heavy atom. The van der Waals surface area contributed by atoms with E-state index in [1.807, 2.05) is 11.6 Å². The number of hydrogen-bond donors (Lipinski definition) is 2. The van der Waals surface area contributed by atoms with Crippen molar-refractivity contribution in [3.8, 4) is 0 Å².